The Morgan fingerprint density at radius 3 is 2.68 bits per heavy atom. The van der Waals surface area contributed by atoms with Gasteiger partial charge in [0.25, 0.3) is 0 Å². The van der Waals surface area contributed by atoms with E-state index in [-0.39, 0.29) is 34.9 Å². The van der Waals surface area contributed by atoms with Gasteiger partial charge in [-0.15, -0.1) is 0 Å². The summed E-state index contributed by atoms with van der Waals surface area (Å²) >= 11 is 0. The van der Waals surface area contributed by atoms with Gasteiger partial charge in [-0.2, -0.15) is 0 Å². The first-order valence-corrected chi connectivity index (χ1v) is 15.9. The second-order valence-electron chi connectivity index (χ2n) is 14.7. The van der Waals surface area contributed by atoms with E-state index in [1.54, 1.807) is 0 Å². The normalized spacial score (nSPS) is 42.1. The number of benzene rings is 1. The SMILES string of the molecule is C=C1C=C(C)c2ccc(NC(=O)CC[C@@H](C)[C@H]3CC[C@H]4[C@@H]5[C@H](O)C[C@@H]6C[C@H](O)CC[C@]6(C)[C@H]5C[C@H](O)[C@]34C)cc2O1. The first-order valence-electron chi connectivity index (χ1n) is 15.9. The molecule has 11 atom stereocenters. The molecule has 4 N–H and O–H groups in total. The van der Waals surface area contributed by atoms with Crippen molar-refractivity contribution in [1.82, 2.24) is 0 Å². The standard InChI is InChI=1S/C35H49NO5/c1-19(6-11-32(40)36-23-7-8-25-20(2)14-21(3)41-30(25)17-23)26-9-10-27-33-28(18-31(39)35(26,27)5)34(4)13-12-24(37)15-22(34)16-29(33)38/h7-8,14,17,19,22,24,26-29,31,33,37-39H,3,6,9-13,15-16,18H2,1-2,4-5H3,(H,36,40)/t19-,22+,24-,26-,27+,28+,29-,31+,33+,34+,35-/m1/s1. The molecule has 224 valence electrons. The van der Waals surface area contributed by atoms with Gasteiger partial charge in [-0.25, -0.2) is 0 Å². The minimum absolute atomic E-state index is 0.0104. The number of nitrogens with one attached hydrogen (secondary N) is 1. The number of hydrogen-bond acceptors (Lipinski definition) is 5. The summed E-state index contributed by atoms with van der Waals surface area (Å²) < 4.78 is 5.77. The number of anilines is 1. The Balaban J connectivity index is 1.11. The van der Waals surface area contributed by atoms with Gasteiger partial charge in [0.1, 0.15) is 11.5 Å². The monoisotopic (exact) mass is 563 g/mol. The molecule has 0 radical (unpaired) electrons. The van der Waals surface area contributed by atoms with Crippen LogP contribution < -0.4 is 10.1 Å². The molecule has 0 bridgehead atoms. The number of hydrogen-bond donors (Lipinski definition) is 4. The molecule has 1 aliphatic heterocycles. The summed E-state index contributed by atoms with van der Waals surface area (Å²) in [6, 6.07) is 5.75. The Hall–Kier alpha value is -2.15. The van der Waals surface area contributed by atoms with E-state index >= 15 is 0 Å². The predicted octanol–water partition coefficient (Wildman–Crippen LogP) is 6.31. The molecule has 4 aliphatic carbocycles. The predicted molar refractivity (Wildman–Crippen MR) is 161 cm³/mol. The van der Waals surface area contributed by atoms with Gasteiger partial charge >= 0.3 is 0 Å². The van der Waals surface area contributed by atoms with Gasteiger partial charge in [-0.1, -0.05) is 27.4 Å². The maximum Gasteiger partial charge on any atom is 0.224 e. The number of carbonyl (C=O) groups excluding carboxylic acids is 1. The van der Waals surface area contributed by atoms with Crippen LogP contribution in [0.25, 0.3) is 5.57 Å². The van der Waals surface area contributed by atoms with E-state index < -0.39 is 6.10 Å². The number of aliphatic hydroxyl groups is 3. The summed E-state index contributed by atoms with van der Waals surface area (Å²) in [5.41, 5.74) is 2.65. The van der Waals surface area contributed by atoms with E-state index in [1.807, 2.05) is 31.2 Å². The van der Waals surface area contributed by atoms with Crippen LogP contribution in [-0.4, -0.2) is 39.5 Å². The second-order valence-corrected chi connectivity index (χ2v) is 14.7. The van der Waals surface area contributed by atoms with Crippen molar-refractivity contribution in [2.75, 3.05) is 5.32 Å². The largest absolute Gasteiger partial charge is 0.457 e. The Kier molecular flexibility index (Phi) is 7.44. The second kappa shape index (κ2) is 10.5. The molecule has 1 aromatic carbocycles. The number of aliphatic hydroxyl groups excluding tert-OH is 3. The maximum atomic E-state index is 13.0. The Labute approximate surface area is 245 Å². The molecule has 1 amide bonds. The lowest BCUT2D eigenvalue weighted by Gasteiger charge is -2.63. The maximum absolute atomic E-state index is 13.0. The fourth-order valence-electron chi connectivity index (χ4n) is 10.4. The van der Waals surface area contributed by atoms with E-state index in [2.05, 4.69) is 32.7 Å². The van der Waals surface area contributed by atoms with Crippen LogP contribution in [0.4, 0.5) is 5.69 Å². The van der Waals surface area contributed by atoms with Crippen LogP contribution in [0.3, 0.4) is 0 Å². The van der Waals surface area contributed by atoms with E-state index in [9.17, 15) is 20.1 Å². The third-order valence-electron chi connectivity index (χ3n) is 12.7. The Bertz CT molecular complexity index is 1240. The Morgan fingerprint density at radius 1 is 1.12 bits per heavy atom. The zero-order chi connectivity index (χ0) is 29.3. The van der Waals surface area contributed by atoms with Crippen LogP contribution in [0.15, 0.2) is 36.6 Å². The van der Waals surface area contributed by atoms with E-state index in [1.165, 1.54) is 0 Å². The van der Waals surface area contributed by atoms with Crippen LogP contribution in [0.1, 0.15) is 91.0 Å². The first kappa shape index (κ1) is 28.9. The molecule has 41 heavy (non-hydrogen) atoms. The lowest BCUT2D eigenvalue weighted by molar-refractivity contribution is -0.207. The van der Waals surface area contributed by atoms with Crippen LogP contribution in [-0.2, 0) is 4.79 Å². The molecule has 0 unspecified atom stereocenters. The summed E-state index contributed by atoms with van der Waals surface area (Å²) in [5.74, 6) is 3.04. The quantitative estimate of drug-likeness (QED) is 0.336. The van der Waals surface area contributed by atoms with Gasteiger partial charge in [-0.05, 0) is 128 Å². The highest BCUT2D eigenvalue weighted by molar-refractivity contribution is 5.91. The van der Waals surface area contributed by atoms with Crippen LogP contribution >= 0.6 is 0 Å². The number of allylic oxidation sites excluding steroid dienone is 2. The molecule has 4 saturated carbocycles. The molecule has 4 fully saturated rings. The highest BCUT2D eigenvalue weighted by Gasteiger charge is 2.65. The molecule has 6 heteroatoms. The molecule has 6 nitrogen and oxygen atoms in total. The van der Waals surface area contributed by atoms with Crippen molar-refractivity contribution in [1.29, 1.82) is 0 Å². The van der Waals surface area contributed by atoms with Gasteiger partial charge in [0.15, 0.2) is 0 Å². The minimum Gasteiger partial charge on any atom is -0.457 e. The van der Waals surface area contributed by atoms with Crippen molar-refractivity contribution >= 4 is 17.2 Å². The van der Waals surface area contributed by atoms with Crippen molar-refractivity contribution < 1.29 is 24.9 Å². The average molecular weight is 564 g/mol. The summed E-state index contributed by atoms with van der Waals surface area (Å²) in [4.78, 5) is 13.0. The molecular formula is C35H49NO5. The highest BCUT2D eigenvalue weighted by Crippen LogP contribution is 2.68. The molecule has 1 aromatic rings. The number of carbonyl (C=O) groups is 1. The lowest BCUT2D eigenvalue weighted by atomic mass is 9.43. The van der Waals surface area contributed by atoms with E-state index in [0.29, 0.717) is 47.5 Å². The van der Waals surface area contributed by atoms with Crippen molar-refractivity contribution in [3.63, 3.8) is 0 Å². The highest BCUT2D eigenvalue weighted by atomic mass is 16.5. The lowest BCUT2D eigenvalue weighted by Crippen LogP contribution is -2.62. The molecule has 0 saturated heterocycles. The summed E-state index contributed by atoms with van der Waals surface area (Å²) in [6.45, 7) is 12.8. The number of fused-ring (bicyclic) bond motifs is 6. The van der Waals surface area contributed by atoms with Gasteiger partial charge in [0.05, 0.1) is 18.3 Å². The molecule has 6 rings (SSSR count). The fraction of sp³-hybridized carbons (Fsp3) is 0.686. The van der Waals surface area contributed by atoms with Crippen molar-refractivity contribution in [2.24, 2.45) is 46.3 Å². The first-order chi connectivity index (χ1) is 19.4. The molecule has 0 aromatic heterocycles. The van der Waals surface area contributed by atoms with E-state index in [0.717, 1.165) is 68.2 Å². The fourth-order valence-corrected chi connectivity index (χ4v) is 10.4. The van der Waals surface area contributed by atoms with Gasteiger partial charge in [-0.3, -0.25) is 4.79 Å². The van der Waals surface area contributed by atoms with Crippen LogP contribution in [0, 0.1) is 46.3 Å². The average Bonchev–Trinajstić information content (AvgIpc) is 3.27. The van der Waals surface area contributed by atoms with Crippen molar-refractivity contribution in [3.05, 3.63) is 42.2 Å². The summed E-state index contributed by atoms with van der Waals surface area (Å²) in [7, 11) is 0. The smallest absolute Gasteiger partial charge is 0.224 e. The van der Waals surface area contributed by atoms with Crippen LogP contribution in [0.5, 0.6) is 5.75 Å². The van der Waals surface area contributed by atoms with E-state index in [4.69, 9.17) is 4.74 Å². The van der Waals surface area contributed by atoms with Gasteiger partial charge in [0.2, 0.25) is 5.91 Å². The van der Waals surface area contributed by atoms with Gasteiger partial charge in [0, 0.05) is 23.7 Å². The third kappa shape index (κ3) is 4.78. The molecular weight excluding hydrogens is 514 g/mol. The molecule has 1 heterocycles. The Morgan fingerprint density at radius 2 is 1.90 bits per heavy atom. The minimum atomic E-state index is -0.407. The number of rotatable bonds is 5. The van der Waals surface area contributed by atoms with Crippen molar-refractivity contribution in [3.8, 4) is 5.75 Å². The van der Waals surface area contributed by atoms with Crippen molar-refractivity contribution in [2.45, 2.75) is 104 Å². The van der Waals surface area contributed by atoms with Crippen LogP contribution in [0.2, 0.25) is 0 Å². The van der Waals surface area contributed by atoms with Gasteiger partial charge < -0.3 is 25.4 Å². The number of amides is 1. The summed E-state index contributed by atoms with van der Waals surface area (Å²) in [6.07, 6.45) is 8.24. The summed E-state index contributed by atoms with van der Waals surface area (Å²) in [5, 5.41) is 36.7. The third-order valence-corrected chi connectivity index (χ3v) is 12.7. The topological polar surface area (TPSA) is 99.0 Å². The zero-order valence-electron chi connectivity index (χ0n) is 25.2. The zero-order valence-corrected chi connectivity index (χ0v) is 25.2. The number of ether oxygens (including phenoxy) is 1. The molecule has 5 aliphatic rings. The molecule has 0 spiro atoms.